The second-order valence-corrected chi connectivity index (χ2v) is 3.17. The Morgan fingerprint density at radius 3 is 2.42 bits per heavy atom. The molecule has 2 nitrogen and oxygen atoms in total. The molecule has 0 aliphatic heterocycles. The summed E-state index contributed by atoms with van der Waals surface area (Å²) in [5.74, 6) is 0. The topological polar surface area (TPSA) is 21.6 Å². The quantitative estimate of drug-likeness (QED) is 0.327. The molecule has 0 heterocycles. The standard InChI is InChI=1S/C10H21NO/c1-4-5-6-7-8-9-10(2)11-12-3/h4-9H2,1-3H3. The first-order valence-corrected chi connectivity index (χ1v) is 4.88. The summed E-state index contributed by atoms with van der Waals surface area (Å²) in [7, 11) is 1.60. The second kappa shape index (κ2) is 8.57. The highest BCUT2D eigenvalue weighted by Crippen LogP contribution is 2.05. The summed E-state index contributed by atoms with van der Waals surface area (Å²) in [5, 5.41) is 3.86. The van der Waals surface area contributed by atoms with Crippen LogP contribution >= 0.6 is 0 Å². The Kier molecular flexibility index (Phi) is 8.19. The van der Waals surface area contributed by atoms with E-state index in [1.54, 1.807) is 7.11 Å². The number of hydrogen-bond donors (Lipinski definition) is 0. The summed E-state index contributed by atoms with van der Waals surface area (Å²) in [4.78, 5) is 4.67. The van der Waals surface area contributed by atoms with E-state index in [0.29, 0.717) is 0 Å². The lowest BCUT2D eigenvalue weighted by atomic mass is 10.1. The van der Waals surface area contributed by atoms with Crippen molar-refractivity contribution in [3.63, 3.8) is 0 Å². The van der Waals surface area contributed by atoms with E-state index >= 15 is 0 Å². The fourth-order valence-corrected chi connectivity index (χ4v) is 1.19. The van der Waals surface area contributed by atoms with E-state index in [0.717, 1.165) is 12.1 Å². The van der Waals surface area contributed by atoms with E-state index in [1.807, 2.05) is 6.92 Å². The van der Waals surface area contributed by atoms with Crippen LogP contribution in [0.15, 0.2) is 5.16 Å². The zero-order valence-corrected chi connectivity index (χ0v) is 8.60. The number of oxime groups is 1. The zero-order valence-electron chi connectivity index (χ0n) is 8.60. The van der Waals surface area contributed by atoms with E-state index < -0.39 is 0 Å². The third kappa shape index (κ3) is 7.58. The Bertz CT molecular complexity index is 121. The Morgan fingerprint density at radius 2 is 1.83 bits per heavy atom. The highest BCUT2D eigenvalue weighted by Gasteiger charge is 1.92. The van der Waals surface area contributed by atoms with Gasteiger partial charge in [-0.25, -0.2) is 0 Å². The molecule has 0 spiro atoms. The third-order valence-electron chi connectivity index (χ3n) is 1.89. The predicted molar refractivity (Wildman–Crippen MR) is 53.5 cm³/mol. The lowest BCUT2D eigenvalue weighted by Crippen LogP contribution is -1.92. The molecule has 0 amide bonds. The largest absolute Gasteiger partial charge is 0.399 e. The van der Waals surface area contributed by atoms with Crippen LogP contribution < -0.4 is 0 Å². The summed E-state index contributed by atoms with van der Waals surface area (Å²) in [6.45, 7) is 4.25. The molecule has 12 heavy (non-hydrogen) atoms. The van der Waals surface area contributed by atoms with Gasteiger partial charge in [0.05, 0.1) is 5.71 Å². The van der Waals surface area contributed by atoms with Crippen LogP contribution in [0, 0.1) is 0 Å². The highest BCUT2D eigenvalue weighted by molar-refractivity contribution is 5.81. The summed E-state index contributed by atoms with van der Waals surface area (Å²) >= 11 is 0. The molecule has 0 bridgehead atoms. The maximum atomic E-state index is 4.67. The predicted octanol–water partition coefficient (Wildman–Crippen LogP) is 3.37. The highest BCUT2D eigenvalue weighted by atomic mass is 16.6. The molecule has 0 N–H and O–H groups in total. The van der Waals surface area contributed by atoms with Gasteiger partial charge in [-0.3, -0.25) is 0 Å². The summed E-state index contributed by atoms with van der Waals surface area (Å²) < 4.78 is 0. The normalized spacial score (nSPS) is 11.8. The van der Waals surface area contributed by atoms with Crippen LogP contribution in [0.5, 0.6) is 0 Å². The third-order valence-corrected chi connectivity index (χ3v) is 1.89. The van der Waals surface area contributed by atoms with Crippen LogP contribution in [-0.2, 0) is 4.84 Å². The molecule has 0 saturated heterocycles. The average molecular weight is 171 g/mol. The lowest BCUT2D eigenvalue weighted by molar-refractivity contribution is 0.212. The van der Waals surface area contributed by atoms with Gasteiger partial charge in [0.15, 0.2) is 0 Å². The van der Waals surface area contributed by atoms with Crippen molar-refractivity contribution in [3.05, 3.63) is 0 Å². The Labute approximate surface area is 76.0 Å². The van der Waals surface area contributed by atoms with Gasteiger partial charge in [0.25, 0.3) is 0 Å². The van der Waals surface area contributed by atoms with Crippen molar-refractivity contribution in [2.24, 2.45) is 5.16 Å². The minimum atomic E-state index is 1.08. The SMILES string of the molecule is CCCCCCCC(C)=NOC. The summed E-state index contributed by atoms with van der Waals surface area (Å²) in [5.41, 5.74) is 1.11. The molecule has 0 aliphatic rings. The van der Waals surface area contributed by atoms with Gasteiger partial charge >= 0.3 is 0 Å². The van der Waals surface area contributed by atoms with Crippen molar-refractivity contribution in [3.8, 4) is 0 Å². The van der Waals surface area contributed by atoms with Crippen LogP contribution in [0.3, 0.4) is 0 Å². The average Bonchev–Trinajstić information content (AvgIpc) is 2.05. The van der Waals surface area contributed by atoms with Crippen molar-refractivity contribution in [2.75, 3.05) is 7.11 Å². The van der Waals surface area contributed by atoms with E-state index in [9.17, 15) is 0 Å². The van der Waals surface area contributed by atoms with Gasteiger partial charge in [-0.2, -0.15) is 0 Å². The van der Waals surface area contributed by atoms with Crippen molar-refractivity contribution in [1.82, 2.24) is 0 Å². The molecule has 0 fully saturated rings. The van der Waals surface area contributed by atoms with Crippen LogP contribution in [0.4, 0.5) is 0 Å². The molecule has 0 rings (SSSR count). The summed E-state index contributed by atoms with van der Waals surface area (Å²) in [6.07, 6.45) is 7.68. The molecule has 2 heteroatoms. The van der Waals surface area contributed by atoms with Crippen molar-refractivity contribution < 1.29 is 4.84 Å². The Balaban J connectivity index is 3.14. The minimum absolute atomic E-state index is 1.08. The number of unbranched alkanes of at least 4 members (excludes halogenated alkanes) is 4. The molecule has 0 radical (unpaired) electrons. The smallest absolute Gasteiger partial charge is 0.106 e. The monoisotopic (exact) mass is 171 g/mol. The zero-order chi connectivity index (χ0) is 9.23. The molecule has 0 atom stereocenters. The molecule has 0 aliphatic carbocycles. The van der Waals surface area contributed by atoms with E-state index in [1.165, 1.54) is 32.1 Å². The van der Waals surface area contributed by atoms with Gasteiger partial charge in [0.2, 0.25) is 0 Å². The van der Waals surface area contributed by atoms with Crippen LogP contribution in [-0.4, -0.2) is 12.8 Å². The summed E-state index contributed by atoms with van der Waals surface area (Å²) in [6, 6.07) is 0. The van der Waals surface area contributed by atoms with Crippen LogP contribution in [0.1, 0.15) is 52.4 Å². The van der Waals surface area contributed by atoms with Crippen molar-refractivity contribution in [2.45, 2.75) is 52.4 Å². The molecule has 0 aromatic heterocycles. The van der Waals surface area contributed by atoms with E-state index in [2.05, 4.69) is 16.9 Å². The lowest BCUT2D eigenvalue weighted by Gasteiger charge is -1.99. The van der Waals surface area contributed by atoms with Crippen LogP contribution in [0.2, 0.25) is 0 Å². The van der Waals surface area contributed by atoms with Crippen LogP contribution in [0.25, 0.3) is 0 Å². The molecular weight excluding hydrogens is 150 g/mol. The molecule has 0 unspecified atom stereocenters. The van der Waals surface area contributed by atoms with Gasteiger partial charge in [-0.1, -0.05) is 37.8 Å². The second-order valence-electron chi connectivity index (χ2n) is 3.17. The molecular formula is C10H21NO. The molecule has 0 saturated carbocycles. The first-order valence-electron chi connectivity index (χ1n) is 4.88. The number of nitrogens with zero attached hydrogens (tertiary/aromatic N) is 1. The first-order chi connectivity index (χ1) is 5.81. The number of hydrogen-bond acceptors (Lipinski definition) is 2. The molecule has 72 valence electrons. The minimum Gasteiger partial charge on any atom is -0.399 e. The van der Waals surface area contributed by atoms with Gasteiger partial charge in [0.1, 0.15) is 7.11 Å². The maximum absolute atomic E-state index is 4.67. The van der Waals surface area contributed by atoms with Gasteiger partial charge < -0.3 is 4.84 Å². The maximum Gasteiger partial charge on any atom is 0.106 e. The fraction of sp³-hybridized carbons (Fsp3) is 0.900. The Hall–Kier alpha value is -0.530. The van der Waals surface area contributed by atoms with Gasteiger partial charge in [-0.15, -0.1) is 0 Å². The fourth-order valence-electron chi connectivity index (χ4n) is 1.19. The van der Waals surface area contributed by atoms with Crippen molar-refractivity contribution >= 4 is 5.71 Å². The molecule has 0 aromatic rings. The van der Waals surface area contributed by atoms with Gasteiger partial charge in [0, 0.05) is 0 Å². The van der Waals surface area contributed by atoms with Gasteiger partial charge in [-0.05, 0) is 19.8 Å². The Morgan fingerprint density at radius 1 is 1.17 bits per heavy atom. The van der Waals surface area contributed by atoms with E-state index in [-0.39, 0.29) is 0 Å². The first kappa shape index (κ1) is 11.5. The van der Waals surface area contributed by atoms with Crippen molar-refractivity contribution in [1.29, 1.82) is 0 Å². The number of rotatable bonds is 7. The molecule has 0 aromatic carbocycles. The van der Waals surface area contributed by atoms with E-state index in [4.69, 9.17) is 0 Å².